The Balaban J connectivity index is 1.91. The third-order valence-corrected chi connectivity index (χ3v) is 5.54. The topological polar surface area (TPSA) is 65.1 Å². The summed E-state index contributed by atoms with van der Waals surface area (Å²) in [6.45, 7) is 1.75. The average Bonchev–Trinajstić information content (AvgIpc) is 3.07. The zero-order chi connectivity index (χ0) is 22.8. The molecule has 0 aliphatic carbocycles. The summed E-state index contributed by atoms with van der Waals surface area (Å²) in [4.78, 5) is 27.9. The van der Waals surface area contributed by atoms with Crippen LogP contribution < -0.4 is 14.4 Å². The number of amides is 1. The van der Waals surface area contributed by atoms with E-state index < -0.39 is 5.97 Å². The maximum Gasteiger partial charge on any atom is 0.340 e. The Kier molecular flexibility index (Phi) is 5.69. The van der Waals surface area contributed by atoms with Crippen LogP contribution in [-0.2, 0) is 14.3 Å². The van der Waals surface area contributed by atoms with Crippen LogP contribution in [0.1, 0.15) is 12.5 Å². The molecule has 0 atom stereocenters. The molecule has 0 aromatic heterocycles. The van der Waals surface area contributed by atoms with Gasteiger partial charge in [0.1, 0.15) is 11.5 Å². The molecule has 0 saturated heterocycles. The van der Waals surface area contributed by atoms with E-state index in [0.29, 0.717) is 28.4 Å². The summed E-state index contributed by atoms with van der Waals surface area (Å²) in [6, 6.07) is 18.8. The van der Waals surface area contributed by atoms with Gasteiger partial charge in [-0.3, -0.25) is 9.69 Å². The molecule has 1 heterocycles. The van der Waals surface area contributed by atoms with Crippen molar-refractivity contribution in [2.75, 3.05) is 26.2 Å². The number of carbonyl (C=O) groups excluding carboxylic acids is 2. The Morgan fingerprint density at radius 3 is 2.41 bits per heavy atom. The molecule has 0 saturated carbocycles. The minimum atomic E-state index is -0.572. The predicted molar refractivity (Wildman–Crippen MR) is 124 cm³/mol. The van der Waals surface area contributed by atoms with Crippen LogP contribution in [0.4, 0.5) is 5.69 Å². The molecule has 1 aliphatic heterocycles. The van der Waals surface area contributed by atoms with Gasteiger partial charge in [0.05, 0.1) is 38.2 Å². The Bertz CT molecular complexity index is 1280. The molecule has 3 aromatic carbocycles. The lowest BCUT2D eigenvalue weighted by molar-refractivity contribution is -0.136. The van der Waals surface area contributed by atoms with Crippen molar-refractivity contribution in [1.29, 1.82) is 0 Å². The fraction of sp³-hybridized carbons (Fsp3) is 0.154. The highest BCUT2D eigenvalue weighted by atomic mass is 16.5. The zero-order valence-electron chi connectivity index (χ0n) is 18.3. The van der Waals surface area contributed by atoms with E-state index in [0.717, 1.165) is 10.8 Å². The van der Waals surface area contributed by atoms with Crippen LogP contribution in [0, 0.1) is 0 Å². The van der Waals surface area contributed by atoms with E-state index in [-0.39, 0.29) is 17.1 Å². The van der Waals surface area contributed by atoms with E-state index >= 15 is 0 Å². The summed E-state index contributed by atoms with van der Waals surface area (Å²) < 4.78 is 15.7. The van der Waals surface area contributed by atoms with Crippen molar-refractivity contribution in [2.24, 2.45) is 0 Å². The first kappa shape index (κ1) is 21.2. The highest BCUT2D eigenvalue weighted by Crippen LogP contribution is 2.39. The summed E-state index contributed by atoms with van der Waals surface area (Å²) in [7, 11) is 4.41. The molecule has 1 aliphatic rings. The largest absolute Gasteiger partial charge is 0.497 e. The fourth-order valence-corrected chi connectivity index (χ4v) is 3.97. The number of anilines is 1. The maximum atomic E-state index is 13.7. The predicted octanol–water partition coefficient (Wildman–Crippen LogP) is 4.73. The molecule has 6 nitrogen and oxygen atoms in total. The number of fused-ring (bicyclic) bond motifs is 1. The molecule has 0 N–H and O–H groups in total. The van der Waals surface area contributed by atoms with Gasteiger partial charge in [0.15, 0.2) is 0 Å². The molecule has 0 bridgehead atoms. The van der Waals surface area contributed by atoms with Crippen molar-refractivity contribution in [3.63, 3.8) is 0 Å². The number of benzene rings is 3. The Morgan fingerprint density at radius 2 is 1.69 bits per heavy atom. The maximum absolute atomic E-state index is 13.7. The van der Waals surface area contributed by atoms with Crippen molar-refractivity contribution < 1.29 is 23.8 Å². The number of carbonyl (C=O) groups is 2. The van der Waals surface area contributed by atoms with Crippen LogP contribution in [-0.4, -0.2) is 33.2 Å². The summed E-state index contributed by atoms with van der Waals surface area (Å²) in [5.41, 5.74) is 2.33. The van der Waals surface area contributed by atoms with Crippen LogP contribution in [0.2, 0.25) is 0 Å². The first-order chi connectivity index (χ1) is 15.5. The molecule has 0 radical (unpaired) electrons. The number of nitrogens with zero attached hydrogens (tertiary/aromatic N) is 1. The van der Waals surface area contributed by atoms with E-state index in [4.69, 9.17) is 14.2 Å². The van der Waals surface area contributed by atoms with Gasteiger partial charge in [-0.15, -0.1) is 0 Å². The molecule has 1 amide bonds. The highest BCUT2D eigenvalue weighted by molar-refractivity contribution is 6.25. The third kappa shape index (κ3) is 3.50. The van der Waals surface area contributed by atoms with E-state index in [1.54, 1.807) is 43.2 Å². The van der Waals surface area contributed by atoms with Gasteiger partial charge in [0, 0.05) is 22.7 Å². The normalized spacial score (nSPS) is 14.9. The number of rotatable bonds is 5. The van der Waals surface area contributed by atoms with Crippen molar-refractivity contribution in [3.8, 4) is 11.5 Å². The summed E-state index contributed by atoms with van der Waals surface area (Å²) in [6.07, 6.45) is 1.65. The lowest BCUT2D eigenvalue weighted by atomic mass is 10.0. The van der Waals surface area contributed by atoms with Crippen LogP contribution in [0.15, 0.2) is 77.5 Å². The van der Waals surface area contributed by atoms with Crippen molar-refractivity contribution in [3.05, 3.63) is 83.1 Å². The number of methoxy groups -OCH3 is 3. The number of hydrogen-bond acceptors (Lipinski definition) is 5. The lowest BCUT2D eigenvalue weighted by Crippen LogP contribution is -2.24. The molecular formula is C26H23NO5. The van der Waals surface area contributed by atoms with Gasteiger partial charge in [-0.2, -0.15) is 0 Å². The second kappa shape index (κ2) is 8.59. The minimum Gasteiger partial charge on any atom is -0.497 e. The smallest absolute Gasteiger partial charge is 0.340 e. The third-order valence-electron chi connectivity index (χ3n) is 5.54. The molecule has 4 rings (SSSR count). The molecule has 162 valence electrons. The van der Waals surface area contributed by atoms with Gasteiger partial charge < -0.3 is 14.2 Å². The summed E-state index contributed by atoms with van der Waals surface area (Å²) in [5.74, 6) is 0.267. The molecule has 0 unspecified atom stereocenters. The monoisotopic (exact) mass is 429 g/mol. The summed E-state index contributed by atoms with van der Waals surface area (Å²) >= 11 is 0. The number of allylic oxidation sites excluding steroid dienone is 1. The average molecular weight is 429 g/mol. The second-order valence-corrected chi connectivity index (χ2v) is 7.26. The number of ether oxygens (including phenoxy) is 3. The van der Waals surface area contributed by atoms with Crippen LogP contribution in [0.25, 0.3) is 16.8 Å². The van der Waals surface area contributed by atoms with E-state index in [1.165, 1.54) is 14.2 Å². The molecule has 3 aromatic rings. The van der Waals surface area contributed by atoms with E-state index in [9.17, 15) is 9.59 Å². The van der Waals surface area contributed by atoms with Crippen molar-refractivity contribution in [2.45, 2.75) is 6.92 Å². The van der Waals surface area contributed by atoms with Crippen LogP contribution in [0.3, 0.4) is 0 Å². The quantitative estimate of drug-likeness (QED) is 0.433. The van der Waals surface area contributed by atoms with E-state index in [1.807, 2.05) is 42.5 Å². The summed E-state index contributed by atoms with van der Waals surface area (Å²) in [5, 5.41) is 1.91. The van der Waals surface area contributed by atoms with E-state index in [2.05, 4.69) is 0 Å². The van der Waals surface area contributed by atoms with Gasteiger partial charge in [0.2, 0.25) is 0 Å². The Hall–Kier alpha value is -4.06. The molecule has 0 spiro atoms. The minimum absolute atomic E-state index is 0.225. The lowest BCUT2D eigenvalue weighted by Gasteiger charge is -2.20. The first-order valence-electron chi connectivity index (χ1n) is 10.1. The van der Waals surface area contributed by atoms with Crippen LogP contribution >= 0.6 is 0 Å². The second-order valence-electron chi connectivity index (χ2n) is 7.26. The van der Waals surface area contributed by atoms with Gasteiger partial charge in [0.25, 0.3) is 5.91 Å². The zero-order valence-corrected chi connectivity index (χ0v) is 18.3. The molecule has 6 heteroatoms. The van der Waals surface area contributed by atoms with Gasteiger partial charge in [-0.25, -0.2) is 4.79 Å². The molecule has 32 heavy (non-hydrogen) atoms. The SMILES string of the molecule is COC(=O)C1=C(C)N(c2cccc3ccccc23)C(=O)/C1=C\c1ccc(OC)cc1OC. The number of esters is 1. The number of hydrogen-bond donors (Lipinski definition) is 0. The van der Waals surface area contributed by atoms with Crippen molar-refractivity contribution >= 4 is 34.4 Å². The molecule has 0 fully saturated rings. The molecular weight excluding hydrogens is 406 g/mol. The Morgan fingerprint density at radius 1 is 0.938 bits per heavy atom. The van der Waals surface area contributed by atoms with Gasteiger partial charge in [-0.1, -0.05) is 36.4 Å². The van der Waals surface area contributed by atoms with Crippen LogP contribution in [0.5, 0.6) is 11.5 Å². The Labute approximate surface area is 186 Å². The van der Waals surface area contributed by atoms with Crippen molar-refractivity contribution in [1.82, 2.24) is 0 Å². The highest BCUT2D eigenvalue weighted by Gasteiger charge is 2.38. The van der Waals surface area contributed by atoms with Gasteiger partial charge >= 0.3 is 5.97 Å². The van der Waals surface area contributed by atoms with Gasteiger partial charge in [-0.05, 0) is 36.6 Å². The first-order valence-corrected chi connectivity index (χ1v) is 10.1. The fourth-order valence-electron chi connectivity index (χ4n) is 3.97. The standard InChI is InChI=1S/C26H23NO5/c1-16-24(26(29)32-4)21(14-18-12-13-19(30-2)15-23(18)31-3)25(28)27(16)22-11-7-9-17-8-5-6-10-20(17)22/h5-15H,1-4H3/b21-14-.